The first kappa shape index (κ1) is 22.5. The molecule has 0 unspecified atom stereocenters. The number of aromatic nitrogens is 2. The van der Waals surface area contributed by atoms with E-state index in [9.17, 15) is 19.2 Å². The molecule has 2 aliphatic rings. The molecule has 0 radical (unpaired) electrons. The van der Waals surface area contributed by atoms with Gasteiger partial charge in [-0.1, -0.05) is 0 Å². The van der Waals surface area contributed by atoms with Crippen LogP contribution >= 0.6 is 0 Å². The van der Waals surface area contributed by atoms with Gasteiger partial charge in [-0.2, -0.15) is 5.10 Å². The lowest BCUT2D eigenvalue weighted by molar-refractivity contribution is -0.119. The Morgan fingerprint density at radius 1 is 0.886 bits per heavy atom. The van der Waals surface area contributed by atoms with Gasteiger partial charge in [0.15, 0.2) is 5.69 Å². The fourth-order valence-electron chi connectivity index (χ4n) is 4.64. The third-order valence-electron chi connectivity index (χ3n) is 6.47. The fraction of sp³-hybridized carbons (Fsp3) is 0.269. The lowest BCUT2D eigenvalue weighted by Crippen LogP contribution is -2.39. The average molecular weight is 473 g/mol. The van der Waals surface area contributed by atoms with Crippen LogP contribution in [-0.4, -0.2) is 54.0 Å². The number of methoxy groups -OCH3 is 1. The first-order chi connectivity index (χ1) is 17.0. The van der Waals surface area contributed by atoms with Gasteiger partial charge in [0.25, 0.3) is 5.91 Å². The molecule has 0 atom stereocenters. The first-order valence-electron chi connectivity index (χ1n) is 11.5. The number of nitrogens with zero attached hydrogens (tertiary/aromatic N) is 4. The molecule has 0 N–H and O–H groups in total. The van der Waals surface area contributed by atoms with Gasteiger partial charge in [0.2, 0.25) is 5.91 Å². The van der Waals surface area contributed by atoms with E-state index < -0.39 is 5.97 Å². The number of fused-ring (bicyclic) bond motifs is 1. The van der Waals surface area contributed by atoms with Crippen molar-refractivity contribution in [3.8, 4) is 5.69 Å². The summed E-state index contributed by atoms with van der Waals surface area (Å²) in [7, 11) is 1.28. The minimum absolute atomic E-state index is 0.105. The standard InChI is InChI=1S/C26H24N4O5/c1-35-26(34)23-21-13-15-29(19-11-9-18(10-12-19)28-14-3-2-4-22(28)32)25(33)24(21)30(27-23)20-7-5-17(16-31)6-8-20/h5-12,16H,2-4,13-15H2,1H3. The van der Waals surface area contributed by atoms with E-state index in [1.54, 1.807) is 34.1 Å². The van der Waals surface area contributed by atoms with Gasteiger partial charge in [-0.05, 0) is 67.8 Å². The summed E-state index contributed by atoms with van der Waals surface area (Å²) < 4.78 is 6.33. The van der Waals surface area contributed by atoms with E-state index in [0.717, 1.165) is 24.8 Å². The third kappa shape index (κ3) is 3.99. The van der Waals surface area contributed by atoms with Crippen LogP contribution in [0, 0.1) is 0 Å². The van der Waals surface area contributed by atoms with Gasteiger partial charge >= 0.3 is 5.97 Å². The molecule has 0 aliphatic carbocycles. The molecular weight excluding hydrogens is 448 g/mol. The summed E-state index contributed by atoms with van der Waals surface area (Å²) >= 11 is 0. The Bertz CT molecular complexity index is 1310. The van der Waals surface area contributed by atoms with Gasteiger partial charge in [0.1, 0.15) is 12.0 Å². The van der Waals surface area contributed by atoms with Crippen molar-refractivity contribution < 1.29 is 23.9 Å². The van der Waals surface area contributed by atoms with Crippen molar-refractivity contribution in [2.24, 2.45) is 0 Å². The van der Waals surface area contributed by atoms with Crippen LogP contribution in [-0.2, 0) is 16.0 Å². The third-order valence-corrected chi connectivity index (χ3v) is 6.47. The summed E-state index contributed by atoms with van der Waals surface area (Å²) in [4.78, 5) is 52.8. The van der Waals surface area contributed by atoms with E-state index in [-0.39, 0.29) is 23.2 Å². The SMILES string of the molecule is COC(=O)c1nn(-c2ccc(C=O)cc2)c2c1CCN(c1ccc(N3CCCCC3=O)cc1)C2=O. The predicted octanol–water partition coefficient (Wildman–Crippen LogP) is 3.19. The van der Waals surface area contributed by atoms with Crippen molar-refractivity contribution in [3.05, 3.63) is 71.0 Å². The van der Waals surface area contributed by atoms with E-state index in [4.69, 9.17) is 4.74 Å². The number of amides is 2. The summed E-state index contributed by atoms with van der Waals surface area (Å²) in [5, 5.41) is 4.41. The highest BCUT2D eigenvalue weighted by Crippen LogP contribution is 2.31. The van der Waals surface area contributed by atoms with Crippen LogP contribution in [0.1, 0.15) is 56.2 Å². The molecule has 9 nitrogen and oxygen atoms in total. The van der Waals surface area contributed by atoms with Crippen LogP contribution in [0.4, 0.5) is 11.4 Å². The molecule has 1 saturated heterocycles. The zero-order valence-corrected chi connectivity index (χ0v) is 19.3. The number of rotatable bonds is 5. The second-order valence-corrected chi connectivity index (χ2v) is 8.51. The van der Waals surface area contributed by atoms with Crippen LogP contribution in [0.5, 0.6) is 0 Å². The number of anilines is 2. The van der Waals surface area contributed by atoms with E-state index in [2.05, 4.69) is 5.10 Å². The van der Waals surface area contributed by atoms with E-state index in [1.165, 1.54) is 11.8 Å². The molecule has 1 aromatic heterocycles. The Balaban J connectivity index is 1.50. The van der Waals surface area contributed by atoms with E-state index >= 15 is 0 Å². The largest absolute Gasteiger partial charge is 0.464 e. The average Bonchev–Trinajstić information content (AvgIpc) is 3.29. The Morgan fingerprint density at radius 2 is 1.54 bits per heavy atom. The predicted molar refractivity (Wildman–Crippen MR) is 128 cm³/mol. The number of aldehydes is 1. The zero-order chi connectivity index (χ0) is 24.5. The maximum atomic E-state index is 13.7. The van der Waals surface area contributed by atoms with E-state index in [0.29, 0.717) is 48.4 Å². The topological polar surface area (TPSA) is 102 Å². The lowest BCUT2D eigenvalue weighted by atomic mass is 10.0. The Kier molecular flexibility index (Phi) is 5.90. The molecule has 2 aromatic carbocycles. The second kappa shape index (κ2) is 9.17. The van der Waals surface area contributed by atoms with Gasteiger partial charge in [0, 0.05) is 42.0 Å². The number of carbonyl (C=O) groups is 4. The molecule has 2 aliphatic heterocycles. The number of carbonyl (C=O) groups excluding carboxylic acids is 4. The monoisotopic (exact) mass is 472 g/mol. The van der Waals surface area contributed by atoms with Gasteiger partial charge in [0.05, 0.1) is 12.8 Å². The van der Waals surface area contributed by atoms with Gasteiger partial charge in [-0.3, -0.25) is 14.4 Å². The Hall–Kier alpha value is -4.27. The fourth-order valence-corrected chi connectivity index (χ4v) is 4.64. The summed E-state index contributed by atoms with van der Waals surface area (Å²) in [6.45, 7) is 1.07. The van der Waals surface area contributed by atoms with E-state index in [1.807, 2.05) is 24.3 Å². The molecule has 0 saturated carbocycles. The summed E-state index contributed by atoms with van der Waals surface area (Å²) in [6.07, 6.45) is 3.59. The molecule has 3 heterocycles. The number of esters is 1. The van der Waals surface area contributed by atoms with Gasteiger partial charge < -0.3 is 14.5 Å². The highest BCUT2D eigenvalue weighted by molar-refractivity contribution is 6.09. The zero-order valence-electron chi connectivity index (χ0n) is 19.3. The number of benzene rings is 2. The quantitative estimate of drug-likeness (QED) is 0.418. The van der Waals surface area contributed by atoms with Crippen LogP contribution in [0.3, 0.4) is 0 Å². The summed E-state index contributed by atoms with van der Waals surface area (Å²) in [6, 6.07) is 14.0. The Labute approximate surface area is 201 Å². The second-order valence-electron chi connectivity index (χ2n) is 8.51. The van der Waals surface area contributed by atoms with Crippen LogP contribution in [0.2, 0.25) is 0 Å². The summed E-state index contributed by atoms with van der Waals surface area (Å²) in [5.74, 6) is -0.793. The molecule has 5 rings (SSSR count). The molecule has 178 valence electrons. The minimum atomic E-state index is -0.610. The molecule has 2 amide bonds. The maximum Gasteiger partial charge on any atom is 0.358 e. The van der Waals surface area contributed by atoms with Crippen molar-refractivity contribution >= 4 is 35.4 Å². The highest BCUT2D eigenvalue weighted by Gasteiger charge is 2.35. The van der Waals surface area contributed by atoms with Crippen molar-refractivity contribution in [2.45, 2.75) is 25.7 Å². The molecule has 9 heteroatoms. The van der Waals surface area contributed by atoms with Crippen molar-refractivity contribution in [3.63, 3.8) is 0 Å². The molecular formula is C26H24N4O5. The number of hydrogen-bond acceptors (Lipinski definition) is 6. The summed E-state index contributed by atoms with van der Waals surface area (Å²) in [5.41, 5.74) is 3.47. The molecule has 3 aromatic rings. The van der Waals surface area contributed by atoms with Crippen LogP contribution < -0.4 is 9.80 Å². The molecule has 1 fully saturated rings. The Morgan fingerprint density at radius 3 is 2.17 bits per heavy atom. The molecule has 35 heavy (non-hydrogen) atoms. The van der Waals surface area contributed by atoms with Crippen LogP contribution in [0.15, 0.2) is 48.5 Å². The lowest BCUT2D eigenvalue weighted by Gasteiger charge is -2.29. The normalized spacial score (nSPS) is 15.7. The first-order valence-corrected chi connectivity index (χ1v) is 11.5. The van der Waals surface area contributed by atoms with Crippen molar-refractivity contribution in [2.75, 3.05) is 30.0 Å². The number of piperidine rings is 1. The minimum Gasteiger partial charge on any atom is -0.464 e. The number of hydrogen-bond donors (Lipinski definition) is 0. The smallest absolute Gasteiger partial charge is 0.358 e. The molecule has 0 bridgehead atoms. The number of ether oxygens (including phenoxy) is 1. The van der Waals surface area contributed by atoms with Gasteiger partial charge in [-0.25, -0.2) is 9.48 Å². The van der Waals surface area contributed by atoms with Gasteiger partial charge in [-0.15, -0.1) is 0 Å². The highest BCUT2D eigenvalue weighted by atomic mass is 16.5. The molecule has 0 spiro atoms. The van der Waals surface area contributed by atoms with Crippen molar-refractivity contribution in [1.82, 2.24) is 9.78 Å². The van der Waals surface area contributed by atoms with Crippen molar-refractivity contribution in [1.29, 1.82) is 0 Å². The maximum absolute atomic E-state index is 13.7. The van der Waals surface area contributed by atoms with Crippen LogP contribution in [0.25, 0.3) is 5.69 Å².